The fraction of sp³-hybridized carbons (Fsp3) is 0.571. The molecule has 0 amide bonds. The van der Waals surface area contributed by atoms with Gasteiger partial charge < -0.3 is 10.2 Å². The number of nitrogens with zero attached hydrogens (tertiary/aromatic N) is 3. The predicted molar refractivity (Wildman–Crippen MR) is 104 cm³/mol. The molecule has 1 aromatic carbocycles. The minimum Gasteiger partial charge on any atom is -0.310 e. The molecule has 1 aliphatic rings. The zero-order valence-corrected chi connectivity index (χ0v) is 15.9. The Labute approximate surface area is 152 Å². The highest BCUT2D eigenvalue weighted by molar-refractivity contribution is 5.14. The standard InChI is InChI=1S/C21H32N4/c1-17-15-19(3)25(23-17)16-18(2)22-21-10-13-24(14-11-21)12-9-20-7-5-4-6-8-20/h4-8,15,18,21-22H,9-14,16H2,1-3H3. The normalized spacial score (nSPS) is 17.7. The summed E-state index contributed by atoms with van der Waals surface area (Å²) in [5.41, 5.74) is 3.81. The van der Waals surface area contributed by atoms with Gasteiger partial charge in [0.2, 0.25) is 0 Å². The number of benzene rings is 1. The Hall–Kier alpha value is -1.65. The van der Waals surface area contributed by atoms with Crippen LogP contribution in [0.15, 0.2) is 36.4 Å². The van der Waals surface area contributed by atoms with Crippen LogP contribution in [0, 0.1) is 13.8 Å². The van der Waals surface area contributed by atoms with E-state index in [1.54, 1.807) is 0 Å². The van der Waals surface area contributed by atoms with Gasteiger partial charge in [-0.15, -0.1) is 0 Å². The molecule has 4 heteroatoms. The molecule has 3 rings (SSSR count). The van der Waals surface area contributed by atoms with Crippen molar-refractivity contribution in [2.24, 2.45) is 0 Å². The first-order valence-electron chi connectivity index (χ1n) is 9.63. The first-order valence-corrected chi connectivity index (χ1v) is 9.63. The molecule has 1 atom stereocenters. The van der Waals surface area contributed by atoms with E-state index in [-0.39, 0.29) is 0 Å². The van der Waals surface area contributed by atoms with Crippen LogP contribution in [0.2, 0.25) is 0 Å². The Morgan fingerprint density at radius 2 is 1.88 bits per heavy atom. The molecule has 1 aromatic heterocycles. The number of likely N-dealkylation sites (tertiary alicyclic amines) is 1. The third kappa shape index (κ3) is 5.41. The van der Waals surface area contributed by atoms with Gasteiger partial charge in [0.1, 0.15) is 0 Å². The van der Waals surface area contributed by atoms with E-state index in [2.05, 4.69) is 77.2 Å². The Morgan fingerprint density at radius 3 is 2.52 bits per heavy atom. The predicted octanol–water partition coefficient (Wildman–Crippen LogP) is 3.19. The summed E-state index contributed by atoms with van der Waals surface area (Å²) in [6.07, 6.45) is 3.65. The molecule has 25 heavy (non-hydrogen) atoms. The highest BCUT2D eigenvalue weighted by Crippen LogP contribution is 2.13. The molecule has 0 radical (unpaired) electrons. The van der Waals surface area contributed by atoms with Gasteiger partial charge in [0.25, 0.3) is 0 Å². The second kappa shape index (κ2) is 8.63. The molecule has 0 aliphatic carbocycles. The summed E-state index contributed by atoms with van der Waals surface area (Å²) in [4.78, 5) is 2.61. The maximum atomic E-state index is 4.58. The van der Waals surface area contributed by atoms with E-state index in [1.807, 2.05) is 0 Å². The highest BCUT2D eigenvalue weighted by atomic mass is 15.3. The van der Waals surface area contributed by atoms with Crippen LogP contribution >= 0.6 is 0 Å². The topological polar surface area (TPSA) is 33.1 Å². The lowest BCUT2D eigenvalue weighted by Gasteiger charge is -2.34. The van der Waals surface area contributed by atoms with Crippen LogP contribution in [0.1, 0.15) is 36.7 Å². The molecule has 1 fully saturated rings. The van der Waals surface area contributed by atoms with Gasteiger partial charge in [0.15, 0.2) is 0 Å². The van der Waals surface area contributed by atoms with Gasteiger partial charge in [0.05, 0.1) is 12.2 Å². The lowest BCUT2D eigenvalue weighted by Crippen LogP contribution is -2.46. The van der Waals surface area contributed by atoms with Crippen molar-refractivity contribution in [3.05, 3.63) is 53.3 Å². The second-order valence-corrected chi connectivity index (χ2v) is 7.53. The number of piperidine rings is 1. The summed E-state index contributed by atoms with van der Waals surface area (Å²) < 4.78 is 2.13. The van der Waals surface area contributed by atoms with Crippen molar-refractivity contribution in [2.45, 2.75) is 58.7 Å². The van der Waals surface area contributed by atoms with Crippen molar-refractivity contribution >= 4 is 0 Å². The van der Waals surface area contributed by atoms with Gasteiger partial charge in [-0.05, 0) is 64.8 Å². The maximum absolute atomic E-state index is 4.58. The third-order valence-electron chi connectivity index (χ3n) is 5.22. The minimum atomic E-state index is 0.457. The minimum absolute atomic E-state index is 0.457. The first kappa shape index (κ1) is 18.2. The number of aromatic nitrogens is 2. The summed E-state index contributed by atoms with van der Waals surface area (Å²) in [5.74, 6) is 0. The summed E-state index contributed by atoms with van der Waals surface area (Å²) in [5, 5.41) is 8.39. The van der Waals surface area contributed by atoms with Gasteiger partial charge in [-0.3, -0.25) is 4.68 Å². The summed E-state index contributed by atoms with van der Waals surface area (Å²) in [6, 6.07) is 14.1. The molecule has 0 spiro atoms. The van der Waals surface area contributed by atoms with Crippen molar-refractivity contribution in [2.75, 3.05) is 19.6 Å². The zero-order chi connectivity index (χ0) is 17.6. The number of nitrogens with one attached hydrogen (secondary N) is 1. The van der Waals surface area contributed by atoms with Crippen LogP contribution in [-0.4, -0.2) is 46.4 Å². The Morgan fingerprint density at radius 1 is 1.16 bits per heavy atom. The van der Waals surface area contributed by atoms with Gasteiger partial charge in [-0.2, -0.15) is 5.10 Å². The largest absolute Gasteiger partial charge is 0.310 e. The molecule has 4 nitrogen and oxygen atoms in total. The molecule has 2 aromatic rings. The van der Waals surface area contributed by atoms with Crippen LogP contribution in [0.5, 0.6) is 0 Å². The van der Waals surface area contributed by atoms with E-state index in [1.165, 1.54) is 43.7 Å². The Bertz CT molecular complexity index is 641. The SMILES string of the molecule is Cc1cc(C)n(CC(C)NC2CCN(CCc3ccccc3)CC2)n1. The molecule has 2 heterocycles. The number of rotatable bonds is 7. The Balaban J connectivity index is 1.38. The molecule has 136 valence electrons. The Kier molecular flexibility index (Phi) is 6.27. The van der Waals surface area contributed by atoms with E-state index in [4.69, 9.17) is 0 Å². The average Bonchev–Trinajstić information content (AvgIpc) is 2.92. The van der Waals surface area contributed by atoms with E-state index in [9.17, 15) is 0 Å². The molecular formula is C21H32N4. The maximum Gasteiger partial charge on any atom is 0.0596 e. The number of aryl methyl sites for hydroxylation is 2. The van der Waals surface area contributed by atoms with Gasteiger partial charge >= 0.3 is 0 Å². The van der Waals surface area contributed by atoms with Crippen LogP contribution in [0.3, 0.4) is 0 Å². The van der Waals surface area contributed by atoms with E-state index in [0.717, 1.165) is 18.7 Å². The van der Waals surface area contributed by atoms with Crippen LogP contribution in [0.4, 0.5) is 0 Å². The summed E-state index contributed by atoms with van der Waals surface area (Å²) in [6.45, 7) is 11.0. The molecule has 1 unspecified atom stereocenters. The molecule has 1 aliphatic heterocycles. The molecule has 1 saturated heterocycles. The fourth-order valence-corrected chi connectivity index (χ4v) is 3.83. The van der Waals surface area contributed by atoms with E-state index < -0.39 is 0 Å². The number of hydrogen-bond donors (Lipinski definition) is 1. The lowest BCUT2D eigenvalue weighted by molar-refractivity contribution is 0.191. The quantitative estimate of drug-likeness (QED) is 0.840. The highest BCUT2D eigenvalue weighted by Gasteiger charge is 2.20. The molecular weight excluding hydrogens is 308 g/mol. The van der Waals surface area contributed by atoms with Crippen LogP contribution < -0.4 is 5.32 Å². The second-order valence-electron chi connectivity index (χ2n) is 7.53. The van der Waals surface area contributed by atoms with E-state index in [0.29, 0.717) is 12.1 Å². The van der Waals surface area contributed by atoms with Crippen molar-refractivity contribution in [3.63, 3.8) is 0 Å². The fourth-order valence-electron chi connectivity index (χ4n) is 3.83. The monoisotopic (exact) mass is 340 g/mol. The van der Waals surface area contributed by atoms with Crippen LogP contribution in [-0.2, 0) is 13.0 Å². The first-order chi connectivity index (χ1) is 12.1. The number of hydrogen-bond acceptors (Lipinski definition) is 3. The van der Waals surface area contributed by atoms with Crippen molar-refractivity contribution in [1.82, 2.24) is 20.0 Å². The smallest absolute Gasteiger partial charge is 0.0596 e. The van der Waals surface area contributed by atoms with Gasteiger partial charge in [-0.25, -0.2) is 0 Å². The average molecular weight is 341 g/mol. The summed E-state index contributed by atoms with van der Waals surface area (Å²) >= 11 is 0. The molecule has 0 bridgehead atoms. The van der Waals surface area contributed by atoms with Crippen molar-refractivity contribution in [3.8, 4) is 0 Å². The van der Waals surface area contributed by atoms with Crippen molar-refractivity contribution < 1.29 is 0 Å². The van der Waals surface area contributed by atoms with Crippen molar-refractivity contribution in [1.29, 1.82) is 0 Å². The zero-order valence-electron chi connectivity index (χ0n) is 15.9. The third-order valence-corrected chi connectivity index (χ3v) is 5.22. The molecule has 1 N–H and O–H groups in total. The van der Waals surface area contributed by atoms with Gasteiger partial charge in [0, 0.05) is 24.3 Å². The van der Waals surface area contributed by atoms with Crippen LogP contribution in [0.25, 0.3) is 0 Å². The lowest BCUT2D eigenvalue weighted by atomic mass is 10.0. The molecule has 0 saturated carbocycles. The van der Waals surface area contributed by atoms with Gasteiger partial charge in [-0.1, -0.05) is 30.3 Å². The summed E-state index contributed by atoms with van der Waals surface area (Å²) in [7, 11) is 0. The van der Waals surface area contributed by atoms with E-state index >= 15 is 0 Å².